The van der Waals surface area contributed by atoms with E-state index >= 15 is 0 Å². The number of pyridine rings is 1. The van der Waals surface area contributed by atoms with Crippen molar-refractivity contribution in [2.75, 3.05) is 7.11 Å². The Morgan fingerprint density at radius 1 is 1.53 bits per heavy atom. The van der Waals surface area contributed by atoms with Crippen molar-refractivity contribution in [3.05, 3.63) is 40.3 Å². The molecule has 0 spiro atoms. The Hall–Kier alpha value is -1.84. The van der Waals surface area contributed by atoms with Crippen molar-refractivity contribution in [2.45, 2.75) is 13.3 Å². The molecule has 1 N–H and O–H groups in total. The van der Waals surface area contributed by atoms with Gasteiger partial charge in [0, 0.05) is 6.07 Å². The van der Waals surface area contributed by atoms with Crippen LogP contribution >= 0.6 is 0 Å². The minimum Gasteiger partial charge on any atom is -0.465 e. The lowest BCUT2D eigenvalue weighted by molar-refractivity contribution is 0.0600. The van der Waals surface area contributed by atoms with Gasteiger partial charge < -0.3 is 9.72 Å². The van der Waals surface area contributed by atoms with Gasteiger partial charge in [-0.15, -0.1) is 0 Å². The summed E-state index contributed by atoms with van der Waals surface area (Å²) in [4.78, 5) is 25.1. The molecule has 80 valence electrons. The lowest BCUT2D eigenvalue weighted by Crippen LogP contribution is -2.13. The van der Waals surface area contributed by atoms with Crippen LogP contribution in [0.2, 0.25) is 0 Å². The number of rotatable bonds is 3. The summed E-state index contributed by atoms with van der Waals surface area (Å²) in [6.45, 7) is 5.68. The standard InChI is InChI=1S/C11H13NO3/c1-4-7(2)10-8(11(14)15-3)5-6-9(13)12-10/h5-6H,2,4H2,1,3H3,(H,12,13). The second-order valence-electron chi connectivity index (χ2n) is 3.06. The molecule has 1 rings (SSSR count). The third kappa shape index (κ3) is 2.34. The van der Waals surface area contributed by atoms with Crippen molar-refractivity contribution in [2.24, 2.45) is 0 Å². The number of hydrogen-bond acceptors (Lipinski definition) is 3. The summed E-state index contributed by atoms with van der Waals surface area (Å²) in [5.41, 5.74) is 1.24. The zero-order valence-electron chi connectivity index (χ0n) is 8.79. The molecule has 1 heterocycles. The third-order valence-corrected chi connectivity index (χ3v) is 2.10. The number of hydrogen-bond donors (Lipinski definition) is 1. The molecule has 0 saturated carbocycles. The second kappa shape index (κ2) is 4.59. The lowest BCUT2D eigenvalue weighted by atomic mass is 10.1. The maximum atomic E-state index is 11.4. The molecule has 0 amide bonds. The van der Waals surface area contributed by atoms with E-state index in [0.717, 1.165) is 0 Å². The molecular formula is C11H13NO3. The minimum atomic E-state index is -0.476. The van der Waals surface area contributed by atoms with Crippen LogP contribution in [0, 0.1) is 0 Å². The monoisotopic (exact) mass is 207 g/mol. The largest absolute Gasteiger partial charge is 0.465 e. The molecule has 4 nitrogen and oxygen atoms in total. The summed E-state index contributed by atoms with van der Waals surface area (Å²) in [7, 11) is 1.30. The summed E-state index contributed by atoms with van der Waals surface area (Å²) >= 11 is 0. The molecule has 0 aliphatic carbocycles. The lowest BCUT2D eigenvalue weighted by Gasteiger charge is -2.07. The number of nitrogens with one attached hydrogen (secondary N) is 1. The molecule has 15 heavy (non-hydrogen) atoms. The highest BCUT2D eigenvalue weighted by atomic mass is 16.5. The Morgan fingerprint density at radius 3 is 2.73 bits per heavy atom. The Kier molecular flexibility index (Phi) is 3.44. The molecule has 0 radical (unpaired) electrons. The molecule has 0 fully saturated rings. The highest BCUT2D eigenvalue weighted by Crippen LogP contribution is 2.17. The third-order valence-electron chi connectivity index (χ3n) is 2.10. The van der Waals surface area contributed by atoms with Gasteiger partial charge in [-0.25, -0.2) is 4.79 Å². The number of ether oxygens (including phenoxy) is 1. The first-order chi connectivity index (χ1) is 7.10. The zero-order chi connectivity index (χ0) is 11.4. The second-order valence-corrected chi connectivity index (χ2v) is 3.06. The fraction of sp³-hybridized carbons (Fsp3) is 0.273. The summed E-state index contributed by atoms with van der Waals surface area (Å²) in [6.07, 6.45) is 0.657. The van der Waals surface area contributed by atoms with Gasteiger partial charge in [-0.1, -0.05) is 13.5 Å². The van der Waals surface area contributed by atoms with Crippen LogP contribution in [-0.4, -0.2) is 18.1 Å². The number of methoxy groups -OCH3 is 1. The minimum absolute atomic E-state index is 0.257. The van der Waals surface area contributed by atoms with E-state index < -0.39 is 5.97 Å². The van der Waals surface area contributed by atoms with Crippen molar-refractivity contribution in [3.8, 4) is 0 Å². The number of aromatic nitrogens is 1. The van der Waals surface area contributed by atoms with Gasteiger partial charge in [-0.2, -0.15) is 0 Å². The summed E-state index contributed by atoms with van der Waals surface area (Å²) in [6, 6.07) is 2.74. The SMILES string of the molecule is C=C(CC)c1[nH]c(=O)ccc1C(=O)OC. The predicted octanol–water partition coefficient (Wildman–Crippen LogP) is 1.58. The Bertz CT molecular complexity index is 445. The van der Waals surface area contributed by atoms with Crippen molar-refractivity contribution >= 4 is 11.5 Å². The summed E-state index contributed by atoms with van der Waals surface area (Å²) in [5, 5.41) is 0. The highest BCUT2D eigenvalue weighted by molar-refractivity contribution is 5.94. The summed E-state index contributed by atoms with van der Waals surface area (Å²) in [5.74, 6) is -0.476. The van der Waals surface area contributed by atoms with Crippen molar-refractivity contribution < 1.29 is 9.53 Å². The van der Waals surface area contributed by atoms with E-state index in [-0.39, 0.29) is 5.56 Å². The first kappa shape index (κ1) is 11.2. The average Bonchev–Trinajstić information content (AvgIpc) is 2.26. The number of carbonyl (C=O) groups excluding carboxylic acids is 1. The Balaban J connectivity index is 3.32. The highest BCUT2D eigenvalue weighted by Gasteiger charge is 2.13. The van der Waals surface area contributed by atoms with Crippen molar-refractivity contribution in [1.82, 2.24) is 4.98 Å². The topological polar surface area (TPSA) is 59.2 Å². The number of aromatic amines is 1. The molecular weight excluding hydrogens is 194 g/mol. The van der Waals surface area contributed by atoms with Gasteiger partial charge >= 0.3 is 5.97 Å². The van der Waals surface area contributed by atoms with E-state index in [9.17, 15) is 9.59 Å². The number of allylic oxidation sites excluding steroid dienone is 1. The van der Waals surface area contributed by atoms with Gasteiger partial charge in [0.25, 0.3) is 0 Å². The predicted molar refractivity (Wildman–Crippen MR) is 57.7 cm³/mol. The average molecular weight is 207 g/mol. The van der Waals surface area contributed by atoms with Gasteiger partial charge in [0.15, 0.2) is 0 Å². The smallest absolute Gasteiger partial charge is 0.339 e. The molecule has 0 unspecified atom stereocenters. The van der Waals surface area contributed by atoms with Crippen LogP contribution in [0.5, 0.6) is 0 Å². The van der Waals surface area contributed by atoms with Crippen LogP contribution < -0.4 is 5.56 Å². The van der Waals surface area contributed by atoms with E-state index in [4.69, 9.17) is 0 Å². The maximum absolute atomic E-state index is 11.4. The van der Waals surface area contributed by atoms with Gasteiger partial charge in [-0.05, 0) is 18.1 Å². The molecule has 0 atom stereocenters. The Labute approximate surface area is 87.6 Å². The van der Waals surface area contributed by atoms with Gasteiger partial charge in [0.05, 0.1) is 18.4 Å². The zero-order valence-corrected chi connectivity index (χ0v) is 8.79. The van der Waals surface area contributed by atoms with Crippen LogP contribution in [-0.2, 0) is 4.74 Å². The quantitative estimate of drug-likeness (QED) is 0.765. The maximum Gasteiger partial charge on any atom is 0.339 e. The van der Waals surface area contributed by atoms with Crippen LogP contribution in [0.1, 0.15) is 29.4 Å². The fourth-order valence-corrected chi connectivity index (χ4v) is 1.21. The van der Waals surface area contributed by atoms with Crippen molar-refractivity contribution in [1.29, 1.82) is 0 Å². The molecule has 0 bridgehead atoms. The first-order valence-electron chi connectivity index (χ1n) is 4.60. The molecule has 1 aromatic rings. The van der Waals surface area contributed by atoms with Crippen LogP contribution in [0.4, 0.5) is 0 Å². The van der Waals surface area contributed by atoms with E-state index in [1.54, 1.807) is 0 Å². The number of H-pyrrole nitrogens is 1. The molecule has 0 aliphatic rings. The van der Waals surface area contributed by atoms with E-state index in [2.05, 4.69) is 16.3 Å². The van der Waals surface area contributed by atoms with Gasteiger partial charge in [0.1, 0.15) is 0 Å². The molecule has 4 heteroatoms. The van der Waals surface area contributed by atoms with Gasteiger partial charge in [0.2, 0.25) is 5.56 Å². The first-order valence-corrected chi connectivity index (χ1v) is 4.60. The molecule has 0 aromatic carbocycles. The normalized spacial score (nSPS) is 9.73. The number of esters is 1. The fourth-order valence-electron chi connectivity index (χ4n) is 1.21. The van der Waals surface area contributed by atoms with E-state index in [1.807, 2.05) is 6.92 Å². The van der Waals surface area contributed by atoms with Crippen LogP contribution in [0.25, 0.3) is 5.57 Å². The summed E-state index contributed by atoms with van der Waals surface area (Å²) < 4.78 is 4.61. The van der Waals surface area contributed by atoms with E-state index in [0.29, 0.717) is 23.3 Å². The number of carbonyl (C=O) groups is 1. The van der Waals surface area contributed by atoms with Crippen molar-refractivity contribution in [3.63, 3.8) is 0 Å². The van der Waals surface area contributed by atoms with E-state index in [1.165, 1.54) is 19.2 Å². The van der Waals surface area contributed by atoms with Crippen LogP contribution in [0.15, 0.2) is 23.5 Å². The molecule has 1 aromatic heterocycles. The molecule has 0 saturated heterocycles. The Morgan fingerprint density at radius 2 is 2.20 bits per heavy atom. The molecule has 0 aliphatic heterocycles. The van der Waals surface area contributed by atoms with Crippen LogP contribution in [0.3, 0.4) is 0 Å². The van der Waals surface area contributed by atoms with Gasteiger partial charge in [-0.3, -0.25) is 4.79 Å².